The highest BCUT2D eigenvalue weighted by molar-refractivity contribution is 14.1. The van der Waals surface area contributed by atoms with Gasteiger partial charge in [-0.25, -0.2) is 4.99 Å². The Hall–Kier alpha value is -3.18. The van der Waals surface area contributed by atoms with Crippen LogP contribution in [0.25, 0.3) is 28.7 Å². The second-order valence-corrected chi connectivity index (χ2v) is 12.2. The number of rotatable bonds is 5. The first-order chi connectivity index (χ1) is 19.2. The Morgan fingerprint density at radius 3 is 2.40 bits per heavy atom. The largest absolute Gasteiger partial charge is 0.458 e. The fraction of sp³-hybridized carbons (Fsp3) is 0.100. The van der Waals surface area contributed by atoms with Crippen molar-refractivity contribution in [1.82, 2.24) is 4.57 Å². The van der Waals surface area contributed by atoms with Crippen molar-refractivity contribution < 1.29 is 13.6 Å². The normalized spacial score (nSPS) is 15.3. The fourth-order valence-electron chi connectivity index (χ4n) is 4.67. The molecule has 40 heavy (non-hydrogen) atoms. The van der Waals surface area contributed by atoms with Crippen LogP contribution >= 0.6 is 57.1 Å². The van der Waals surface area contributed by atoms with Crippen LogP contribution in [-0.4, -0.2) is 10.4 Å². The Kier molecular flexibility index (Phi) is 7.20. The van der Waals surface area contributed by atoms with Crippen LogP contribution in [0.2, 0.25) is 10.0 Å². The zero-order valence-corrected chi connectivity index (χ0v) is 25.6. The molecule has 3 aromatic heterocycles. The van der Waals surface area contributed by atoms with Crippen molar-refractivity contribution in [3.05, 3.63) is 123 Å². The predicted molar refractivity (Wildman–Crippen MR) is 165 cm³/mol. The van der Waals surface area contributed by atoms with E-state index >= 15 is 0 Å². The number of fused-ring (bicyclic) bond motifs is 1. The van der Waals surface area contributed by atoms with Crippen molar-refractivity contribution in [1.29, 1.82) is 0 Å². The first kappa shape index (κ1) is 27.0. The zero-order valence-electron chi connectivity index (χ0n) is 21.1. The van der Waals surface area contributed by atoms with E-state index in [0.29, 0.717) is 53.7 Å². The van der Waals surface area contributed by atoms with Gasteiger partial charge >= 0.3 is 0 Å². The molecule has 0 N–H and O–H groups in total. The smallest absolute Gasteiger partial charge is 0.271 e. The van der Waals surface area contributed by atoms with E-state index in [1.54, 1.807) is 43.3 Å². The maximum absolute atomic E-state index is 13.8. The van der Waals surface area contributed by atoms with Gasteiger partial charge in [-0.15, -0.1) is 0 Å². The Balaban J connectivity index is 1.45. The molecule has 0 aliphatic carbocycles. The minimum Gasteiger partial charge on any atom is -0.458 e. The number of hydrogen-bond acceptors (Lipinski definition) is 6. The summed E-state index contributed by atoms with van der Waals surface area (Å²) in [7, 11) is 0. The molecule has 1 aliphatic heterocycles. The minimum absolute atomic E-state index is 0.193. The van der Waals surface area contributed by atoms with Gasteiger partial charge in [-0.3, -0.25) is 14.2 Å². The van der Waals surface area contributed by atoms with Gasteiger partial charge in [0.25, 0.3) is 5.56 Å². The van der Waals surface area contributed by atoms with E-state index in [1.165, 1.54) is 22.8 Å². The second kappa shape index (κ2) is 10.7. The van der Waals surface area contributed by atoms with Crippen molar-refractivity contribution in [2.75, 3.05) is 0 Å². The third kappa shape index (κ3) is 4.94. The van der Waals surface area contributed by atoms with Crippen LogP contribution in [-0.2, 0) is 4.79 Å². The van der Waals surface area contributed by atoms with E-state index in [0.717, 1.165) is 14.7 Å². The van der Waals surface area contributed by atoms with E-state index in [2.05, 4.69) is 27.6 Å². The zero-order chi connectivity index (χ0) is 28.1. The Morgan fingerprint density at radius 1 is 0.975 bits per heavy atom. The number of aromatic nitrogens is 1. The molecular formula is C30H19Cl2IN2O4S. The van der Waals surface area contributed by atoms with Crippen LogP contribution in [0.5, 0.6) is 0 Å². The lowest BCUT2D eigenvalue weighted by atomic mass is 9.98. The number of ketones is 1. The van der Waals surface area contributed by atoms with E-state index in [1.807, 2.05) is 36.4 Å². The molecule has 0 bridgehead atoms. The SMILES string of the molecule is CC(=O)C1=C(C)N=c2s/c(=C/c3ccc(-c4ccc(I)cc4)o3)c(=O)n2[C@H]1c1ccc(-c2ccc(Cl)c(Cl)c2)o1. The number of furan rings is 2. The quantitative estimate of drug-likeness (QED) is 0.181. The molecule has 0 amide bonds. The maximum Gasteiger partial charge on any atom is 0.271 e. The lowest BCUT2D eigenvalue weighted by molar-refractivity contribution is -0.114. The molecule has 10 heteroatoms. The molecule has 200 valence electrons. The molecule has 0 fully saturated rings. The van der Waals surface area contributed by atoms with E-state index in [9.17, 15) is 9.59 Å². The lowest BCUT2D eigenvalue weighted by Crippen LogP contribution is -2.39. The Bertz CT molecular complexity index is 2010. The number of carbonyl (C=O) groups is 1. The molecule has 0 saturated heterocycles. The summed E-state index contributed by atoms with van der Waals surface area (Å²) in [5, 5.41) is 0.831. The molecule has 6 rings (SSSR count). The molecule has 2 aromatic carbocycles. The first-order valence-electron chi connectivity index (χ1n) is 12.1. The number of hydrogen-bond donors (Lipinski definition) is 0. The lowest BCUT2D eigenvalue weighted by Gasteiger charge is -2.22. The van der Waals surface area contributed by atoms with Crippen molar-refractivity contribution >= 4 is 69.0 Å². The van der Waals surface area contributed by atoms with Gasteiger partial charge in [-0.2, -0.15) is 0 Å². The predicted octanol–water partition coefficient (Wildman–Crippen LogP) is 7.26. The fourth-order valence-corrected chi connectivity index (χ4v) is 6.36. The van der Waals surface area contributed by atoms with Gasteiger partial charge in [-0.05, 0) is 91.0 Å². The average Bonchev–Trinajstić information content (AvgIpc) is 3.65. The summed E-state index contributed by atoms with van der Waals surface area (Å²) < 4.78 is 15.3. The van der Waals surface area contributed by atoms with Gasteiger partial charge in [0.05, 0.1) is 14.6 Å². The Morgan fingerprint density at radius 2 is 1.68 bits per heavy atom. The van der Waals surface area contributed by atoms with Crippen molar-refractivity contribution in [3.8, 4) is 22.6 Å². The summed E-state index contributed by atoms with van der Waals surface area (Å²) in [5.41, 5.74) is 2.31. The standard InChI is InChI=1S/C30H19Cl2IN2O4S/c1-15-27(16(2)36)28(25-12-11-24(39-25)18-5-9-21(31)22(32)13-18)35-29(37)26(40-30(35)34-15)14-20-8-10-23(38-20)17-3-6-19(33)7-4-17/h3-14,28H,1-2H3/b26-14+/t28-/m0/s1. The maximum atomic E-state index is 13.8. The third-order valence-corrected chi connectivity index (χ3v) is 8.97. The number of halogens is 3. The van der Waals surface area contributed by atoms with Crippen LogP contribution in [0.1, 0.15) is 31.4 Å². The molecule has 0 unspecified atom stereocenters. The highest BCUT2D eigenvalue weighted by Gasteiger charge is 2.33. The molecule has 1 atom stereocenters. The van der Waals surface area contributed by atoms with Gasteiger partial charge in [0.2, 0.25) is 0 Å². The number of Topliss-reactive ketones (excluding diaryl/α,β-unsaturated/α-hetero) is 1. The second-order valence-electron chi connectivity index (χ2n) is 9.18. The molecule has 1 aliphatic rings. The van der Waals surface area contributed by atoms with Crippen LogP contribution < -0.4 is 14.9 Å². The van der Waals surface area contributed by atoms with Crippen LogP contribution in [0, 0.1) is 3.57 Å². The first-order valence-corrected chi connectivity index (χ1v) is 14.8. The summed E-state index contributed by atoms with van der Waals surface area (Å²) >= 11 is 15.8. The van der Waals surface area contributed by atoms with Crippen molar-refractivity contribution in [3.63, 3.8) is 0 Å². The molecule has 5 aromatic rings. The molecule has 6 nitrogen and oxygen atoms in total. The highest BCUT2D eigenvalue weighted by Crippen LogP contribution is 2.35. The van der Waals surface area contributed by atoms with Gasteiger partial charge in [-0.1, -0.05) is 46.7 Å². The Labute approximate surface area is 256 Å². The van der Waals surface area contributed by atoms with Crippen LogP contribution in [0.15, 0.2) is 96.6 Å². The number of allylic oxidation sites excluding steroid dienone is 2. The van der Waals surface area contributed by atoms with Gasteiger partial charge < -0.3 is 8.83 Å². The van der Waals surface area contributed by atoms with E-state index < -0.39 is 6.04 Å². The van der Waals surface area contributed by atoms with Gasteiger partial charge in [0.1, 0.15) is 29.1 Å². The number of thiazole rings is 1. The molecular weight excluding hydrogens is 682 g/mol. The number of nitrogens with zero attached hydrogens (tertiary/aromatic N) is 2. The van der Waals surface area contributed by atoms with E-state index in [-0.39, 0.29) is 11.3 Å². The van der Waals surface area contributed by atoms with Crippen LogP contribution in [0.3, 0.4) is 0 Å². The topological polar surface area (TPSA) is 77.7 Å². The van der Waals surface area contributed by atoms with Gasteiger partial charge in [0, 0.05) is 32.0 Å². The molecule has 0 radical (unpaired) electrons. The van der Waals surface area contributed by atoms with E-state index in [4.69, 9.17) is 32.0 Å². The van der Waals surface area contributed by atoms with Crippen LogP contribution in [0.4, 0.5) is 0 Å². The summed E-state index contributed by atoms with van der Waals surface area (Å²) in [4.78, 5) is 31.7. The van der Waals surface area contributed by atoms with Crippen molar-refractivity contribution in [2.45, 2.75) is 19.9 Å². The third-order valence-electron chi connectivity index (χ3n) is 6.53. The average molecular weight is 701 g/mol. The monoisotopic (exact) mass is 700 g/mol. The van der Waals surface area contributed by atoms with Gasteiger partial charge in [0.15, 0.2) is 10.6 Å². The molecule has 0 saturated carbocycles. The van der Waals surface area contributed by atoms with Crippen molar-refractivity contribution in [2.24, 2.45) is 4.99 Å². The summed E-state index contributed by atoms with van der Waals surface area (Å²) in [6.45, 7) is 3.23. The summed E-state index contributed by atoms with van der Waals surface area (Å²) in [5.74, 6) is 2.02. The number of benzene rings is 2. The highest BCUT2D eigenvalue weighted by atomic mass is 127. The molecule has 4 heterocycles. The summed E-state index contributed by atoms with van der Waals surface area (Å²) in [6, 6.07) is 19.7. The number of carbonyl (C=O) groups excluding carboxylic acids is 1. The minimum atomic E-state index is -0.772. The summed E-state index contributed by atoms with van der Waals surface area (Å²) in [6.07, 6.45) is 1.70. The molecule has 0 spiro atoms.